The molecular formula is C30H36N2O8. The maximum absolute atomic E-state index is 13.5. The fourth-order valence-electron chi connectivity index (χ4n) is 5.37. The summed E-state index contributed by atoms with van der Waals surface area (Å²) < 4.78 is 17.0. The molecule has 1 heterocycles. The third kappa shape index (κ3) is 5.68. The third-order valence-corrected chi connectivity index (χ3v) is 7.32. The first-order valence-corrected chi connectivity index (χ1v) is 13.3. The highest BCUT2D eigenvalue weighted by Crippen LogP contribution is 2.51. The van der Waals surface area contributed by atoms with E-state index in [2.05, 4.69) is 5.32 Å². The molecule has 214 valence electrons. The Bertz CT molecular complexity index is 1290. The minimum absolute atomic E-state index is 0.0245. The van der Waals surface area contributed by atoms with Crippen molar-refractivity contribution in [2.24, 2.45) is 5.92 Å². The van der Waals surface area contributed by atoms with Crippen molar-refractivity contribution in [2.75, 3.05) is 33.9 Å². The van der Waals surface area contributed by atoms with E-state index in [4.69, 9.17) is 14.2 Å². The van der Waals surface area contributed by atoms with E-state index in [0.29, 0.717) is 41.1 Å². The molecule has 10 heteroatoms. The van der Waals surface area contributed by atoms with Crippen LogP contribution in [0.15, 0.2) is 48.0 Å². The highest BCUT2D eigenvalue weighted by atomic mass is 16.5. The van der Waals surface area contributed by atoms with Gasteiger partial charge in [0.2, 0.25) is 11.8 Å². The number of nitrogens with one attached hydrogen (secondary N) is 1. The van der Waals surface area contributed by atoms with Crippen molar-refractivity contribution in [3.63, 3.8) is 0 Å². The number of aldehydes is 1. The van der Waals surface area contributed by atoms with Gasteiger partial charge >= 0.3 is 0 Å². The molecule has 0 aromatic heterocycles. The zero-order valence-corrected chi connectivity index (χ0v) is 23.1. The normalized spacial score (nSPS) is 21.0. The average molecular weight is 553 g/mol. The second-order valence-electron chi connectivity index (χ2n) is 10.2. The number of ether oxygens (including phenoxy) is 3. The quantitative estimate of drug-likeness (QED) is 0.360. The molecular weight excluding hydrogens is 516 g/mol. The first kappa shape index (κ1) is 29.1. The van der Waals surface area contributed by atoms with Gasteiger partial charge in [0, 0.05) is 35.7 Å². The number of hydrogen-bond donors (Lipinski definition) is 3. The van der Waals surface area contributed by atoms with Crippen molar-refractivity contribution in [1.29, 1.82) is 0 Å². The molecule has 3 N–H and O–H groups in total. The maximum atomic E-state index is 13.5. The van der Waals surface area contributed by atoms with Crippen LogP contribution in [0.25, 0.3) is 0 Å². The topological polar surface area (TPSA) is 135 Å². The molecule has 4 rings (SSSR count). The molecule has 2 aliphatic rings. The molecule has 0 saturated carbocycles. The molecule has 10 nitrogen and oxygen atoms in total. The lowest BCUT2D eigenvalue weighted by Gasteiger charge is -2.41. The van der Waals surface area contributed by atoms with Gasteiger partial charge in [-0.3, -0.25) is 14.4 Å². The Morgan fingerprint density at radius 2 is 1.95 bits per heavy atom. The number of fused-ring (bicyclic) bond motifs is 3. The minimum Gasteiger partial charge on any atom is -0.497 e. The number of benzene rings is 2. The number of rotatable bonds is 11. The first-order chi connectivity index (χ1) is 19.2. The molecule has 2 amide bonds. The lowest BCUT2D eigenvalue weighted by Crippen LogP contribution is -2.56. The molecule has 0 radical (unpaired) electrons. The largest absolute Gasteiger partial charge is 0.497 e. The van der Waals surface area contributed by atoms with Crippen LogP contribution in [0.4, 0.5) is 0 Å². The van der Waals surface area contributed by atoms with Gasteiger partial charge in [0.15, 0.2) is 11.5 Å². The van der Waals surface area contributed by atoms with Crippen molar-refractivity contribution >= 4 is 18.1 Å². The van der Waals surface area contributed by atoms with E-state index in [0.717, 1.165) is 5.56 Å². The number of nitrogens with zero attached hydrogens (tertiary/aromatic N) is 1. The first-order valence-electron chi connectivity index (χ1n) is 13.3. The van der Waals surface area contributed by atoms with Crippen molar-refractivity contribution < 1.29 is 38.8 Å². The molecule has 0 saturated heterocycles. The van der Waals surface area contributed by atoms with Crippen LogP contribution in [0.5, 0.6) is 17.2 Å². The summed E-state index contributed by atoms with van der Waals surface area (Å²) in [7, 11) is 3.03. The van der Waals surface area contributed by atoms with Gasteiger partial charge in [0.05, 0.1) is 32.8 Å². The molecule has 0 spiro atoms. The Hall–Kier alpha value is -3.89. The van der Waals surface area contributed by atoms with E-state index < -0.39 is 30.1 Å². The molecule has 2 aromatic rings. The Labute approximate surface area is 233 Å². The standard InChI is InChI=1S/C30H36N2O8/c1-17(2)30(37)32(10-8-18-6-5-7-20(12-18)38-3)23-15-22(29(36)31-9-11-33)25-21-13-19(16-34)14-24(39-4)27(21)40-28(25)26(23)35/h5-7,12-17,23,25-26,28,33,35H,8-11H2,1-4H3,(H,31,36)/t23-,25+,26+,28+/m1/s1. The van der Waals surface area contributed by atoms with Crippen LogP contribution in [-0.2, 0) is 16.0 Å². The predicted octanol–water partition coefficient (Wildman–Crippen LogP) is 1.87. The lowest BCUT2D eigenvalue weighted by molar-refractivity contribution is -0.140. The number of aliphatic hydroxyl groups excluding tert-OH is 2. The number of hydrogen-bond acceptors (Lipinski definition) is 8. The summed E-state index contributed by atoms with van der Waals surface area (Å²) >= 11 is 0. The van der Waals surface area contributed by atoms with Gasteiger partial charge in [-0.2, -0.15) is 0 Å². The molecule has 1 aliphatic heterocycles. The van der Waals surface area contributed by atoms with E-state index in [-0.39, 0.29) is 37.1 Å². The maximum Gasteiger partial charge on any atom is 0.247 e. The predicted molar refractivity (Wildman–Crippen MR) is 147 cm³/mol. The van der Waals surface area contributed by atoms with E-state index in [1.165, 1.54) is 13.2 Å². The summed E-state index contributed by atoms with van der Waals surface area (Å²) in [5.41, 5.74) is 2.10. The monoisotopic (exact) mass is 552 g/mol. The Kier molecular flexibility index (Phi) is 9.11. The van der Waals surface area contributed by atoms with Crippen LogP contribution in [0.1, 0.15) is 41.3 Å². The van der Waals surface area contributed by atoms with E-state index >= 15 is 0 Å². The van der Waals surface area contributed by atoms with E-state index in [9.17, 15) is 24.6 Å². The average Bonchev–Trinajstić information content (AvgIpc) is 3.36. The van der Waals surface area contributed by atoms with Crippen LogP contribution >= 0.6 is 0 Å². The summed E-state index contributed by atoms with van der Waals surface area (Å²) in [5.74, 6) is -0.396. The molecule has 2 aromatic carbocycles. The van der Waals surface area contributed by atoms with Gasteiger partial charge in [-0.25, -0.2) is 0 Å². The van der Waals surface area contributed by atoms with Gasteiger partial charge in [0.1, 0.15) is 24.2 Å². The summed E-state index contributed by atoms with van der Waals surface area (Å²) in [6, 6.07) is 9.82. The zero-order valence-electron chi connectivity index (χ0n) is 23.1. The zero-order chi connectivity index (χ0) is 29.0. The smallest absolute Gasteiger partial charge is 0.247 e. The van der Waals surface area contributed by atoms with Crippen LogP contribution < -0.4 is 19.5 Å². The van der Waals surface area contributed by atoms with Gasteiger partial charge in [-0.05, 0) is 42.3 Å². The Balaban J connectivity index is 1.77. The second-order valence-corrected chi connectivity index (χ2v) is 10.2. The molecule has 4 atom stereocenters. The van der Waals surface area contributed by atoms with Crippen LogP contribution in [-0.4, -0.2) is 85.4 Å². The lowest BCUT2D eigenvalue weighted by atomic mass is 9.77. The van der Waals surface area contributed by atoms with E-state index in [1.54, 1.807) is 38.0 Å². The summed E-state index contributed by atoms with van der Waals surface area (Å²) in [4.78, 5) is 40.1. The molecule has 1 aliphatic carbocycles. The van der Waals surface area contributed by atoms with Crippen molar-refractivity contribution in [3.8, 4) is 17.2 Å². The Morgan fingerprint density at radius 3 is 2.60 bits per heavy atom. The van der Waals surface area contributed by atoms with Crippen LogP contribution in [0.3, 0.4) is 0 Å². The number of aliphatic hydroxyl groups is 2. The highest BCUT2D eigenvalue weighted by Gasteiger charge is 2.51. The molecule has 40 heavy (non-hydrogen) atoms. The van der Waals surface area contributed by atoms with Crippen molar-refractivity contribution in [2.45, 2.75) is 44.4 Å². The van der Waals surface area contributed by atoms with Crippen molar-refractivity contribution in [1.82, 2.24) is 10.2 Å². The molecule has 0 fully saturated rings. The third-order valence-electron chi connectivity index (χ3n) is 7.32. The molecule has 0 bridgehead atoms. The SMILES string of the molecule is COc1cccc(CCN(C(=O)C(C)C)[C@@H]2C=C(C(=O)NCCO)[C@@H]3c4cc(C=O)cc(OC)c4O[C@@H]3[C@H]2O)c1. The second kappa shape index (κ2) is 12.5. The number of amides is 2. The van der Waals surface area contributed by atoms with Gasteiger partial charge < -0.3 is 34.6 Å². The highest BCUT2D eigenvalue weighted by molar-refractivity contribution is 5.96. The molecule has 0 unspecified atom stereocenters. The van der Waals surface area contributed by atoms with Gasteiger partial charge in [-0.1, -0.05) is 26.0 Å². The van der Waals surface area contributed by atoms with Crippen LogP contribution in [0, 0.1) is 5.92 Å². The number of carbonyl (C=O) groups is 3. The fraction of sp³-hybridized carbons (Fsp3) is 0.433. The summed E-state index contributed by atoms with van der Waals surface area (Å²) in [5, 5.41) is 23.7. The minimum atomic E-state index is -1.19. The van der Waals surface area contributed by atoms with Gasteiger partial charge in [0.25, 0.3) is 0 Å². The van der Waals surface area contributed by atoms with Crippen LogP contribution in [0.2, 0.25) is 0 Å². The van der Waals surface area contributed by atoms with Crippen molar-refractivity contribution in [3.05, 3.63) is 64.7 Å². The summed E-state index contributed by atoms with van der Waals surface area (Å²) in [6.07, 6.45) is 0.668. The Morgan fingerprint density at radius 1 is 1.18 bits per heavy atom. The van der Waals surface area contributed by atoms with Gasteiger partial charge in [-0.15, -0.1) is 0 Å². The fourth-order valence-corrected chi connectivity index (χ4v) is 5.37. The summed E-state index contributed by atoms with van der Waals surface area (Å²) in [6.45, 7) is 3.61. The number of methoxy groups -OCH3 is 2. The van der Waals surface area contributed by atoms with E-state index in [1.807, 2.05) is 24.3 Å². The number of carbonyl (C=O) groups excluding carboxylic acids is 3.